The summed E-state index contributed by atoms with van der Waals surface area (Å²) in [7, 11) is 0. The molecule has 2 unspecified atom stereocenters. The Kier molecular flexibility index (Phi) is 5.79. The first kappa shape index (κ1) is 21.5. The summed E-state index contributed by atoms with van der Waals surface area (Å²) in [6.45, 7) is 1.17. The molecule has 2 fully saturated rings. The zero-order chi connectivity index (χ0) is 22.9. The minimum atomic E-state index is -0.843. The Hall–Kier alpha value is -3.35. The lowest BCUT2D eigenvalue weighted by Crippen LogP contribution is -2.49. The number of carboxylic acid groups (broad SMARTS) is 1. The minimum Gasteiger partial charge on any atom is -0.481 e. The molecule has 2 N–H and O–H groups in total. The van der Waals surface area contributed by atoms with Crippen molar-refractivity contribution in [3.8, 4) is 11.1 Å². The van der Waals surface area contributed by atoms with E-state index in [0.29, 0.717) is 19.5 Å². The van der Waals surface area contributed by atoms with Gasteiger partial charge in [-0.1, -0.05) is 48.5 Å². The molecule has 7 heteroatoms. The molecule has 1 saturated carbocycles. The van der Waals surface area contributed by atoms with Crippen LogP contribution in [0.4, 0.5) is 4.79 Å². The van der Waals surface area contributed by atoms with Gasteiger partial charge in [0.05, 0.1) is 0 Å². The van der Waals surface area contributed by atoms with E-state index < -0.39 is 18.1 Å². The van der Waals surface area contributed by atoms with Crippen LogP contribution in [0.2, 0.25) is 0 Å². The smallest absolute Gasteiger partial charge is 0.407 e. The normalized spacial score (nSPS) is 20.1. The van der Waals surface area contributed by atoms with E-state index in [1.54, 1.807) is 4.90 Å². The maximum Gasteiger partial charge on any atom is 0.407 e. The lowest BCUT2D eigenvalue weighted by molar-refractivity contribution is -0.138. The molecule has 1 heterocycles. The van der Waals surface area contributed by atoms with E-state index in [4.69, 9.17) is 9.84 Å². The largest absolute Gasteiger partial charge is 0.481 e. The highest BCUT2D eigenvalue weighted by Crippen LogP contribution is 2.44. The van der Waals surface area contributed by atoms with Gasteiger partial charge in [0.15, 0.2) is 0 Å². The standard InChI is InChI=1S/C26H28N2O5/c29-23(30)13-16-11-12-28(14-16)25(31)24(17-9-10-17)27-26(32)33-15-22-20-7-3-1-5-18(20)19-6-2-4-8-21(19)22/h1-8,16-17,22,24H,9-15H2,(H,27,32)(H,29,30). The average molecular weight is 449 g/mol. The van der Waals surface area contributed by atoms with Crippen molar-refractivity contribution < 1.29 is 24.2 Å². The maximum absolute atomic E-state index is 13.1. The molecule has 7 nitrogen and oxygen atoms in total. The van der Waals surface area contributed by atoms with Crippen LogP contribution in [0.1, 0.15) is 42.7 Å². The van der Waals surface area contributed by atoms with Crippen molar-refractivity contribution in [2.45, 2.75) is 37.6 Å². The Balaban J connectivity index is 1.22. The molecule has 5 rings (SSSR count). The highest BCUT2D eigenvalue weighted by atomic mass is 16.5. The number of rotatable bonds is 7. The third-order valence-electron chi connectivity index (χ3n) is 7.04. The van der Waals surface area contributed by atoms with Crippen LogP contribution in [0.25, 0.3) is 11.1 Å². The van der Waals surface area contributed by atoms with Crippen LogP contribution in [-0.4, -0.2) is 53.7 Å². The monoisotopic (exact) mass is 448 g/mol. The van der Waals surface area contributed by atoms with Gasteiger partial charge in [-0.25, -0.2) is 4.79 Å². The number of hydrogen-bond acceptors (Lipinski definition) is 4. The van der Waals surface area contributed by atoms with Gasteiger partial charge in [0, 0.05) is 25.4 Å². The van der Waals surface area contributed by atoms with Gasteiger partial charge >= 0.3 is 12.1 Å². The predicted octanol–water partition coefficient (Wildman–Crippen LogP) is 3.63. The molecular formula is C26H28N2O5. The first-order chi connectivity index (χ1) is 16.0. The van der Waals surface area contributed by atoms with E-state index in [2.05, 4.69) is 29.6 Å². The van der Waals surface area contributed by atoms with Crippen LogP contribution in [-0.2, 0) is 14.3 Å². The van der Waals surface area contributed by atoms with Gasteiger partial charge in [-0.15, -0.1) is 0 Å². The number of ether oxygens (including phenoxy) is 1. The van der Waals surface area contributed by atoms with Gasteiger partial charge in [0.2, 0.25) is 5.91 Å². The summed E-state index contributed by atoms with van der Waals surface area (Å²) in [6, 6.07) is 15.7. The second-order valence-corrected chi connectivity index (χ2v) is 9.32. The molecular weight excluding hydrogens is 420 g/mol. The zero-order valence-corrected chi connectivity index (χ0v) is 18.4. The van der Waals surface area contributed by atoms with Gasteiger partial charge in [-0.3, -0.25) is 9.59 Å². The number of aliphatic carboxylic acids is 1. The van der Waals surface area contributed by atoms with Crippen molar-refractivity contribution >= 4 is 18.0 Å². The summed E-state index contributed by atoms with van der Waals surface area (Å²) in [4.78, 5) is 38.5. The molecule has 2 aliphatic carbocycles. The number of alkyl carbamates (subject to hydrolysis) is 1. The Bertz CT molecular complexity index is 1030. The Morgan fingerprint density at radius 1 is 1.00 bits per heavy atom. The average Bonchev–Trinajstić information content (AvgIpc) is 3.47. The number of carbonyl (C=O) groups excluding carboxylic acids is 2. The molecule has 2 aromatic carbocycles. The highest BCUT2D eigenvalue weighted by Gasteiger charge is 2.41. The molecule has 2 aromatic rings. The first-order valence-electron chi connectivity index (χ1n) is 11.6. The molecule has 3 aliphatic rings. The van der Waals surface area contributed by atoms with E-state index in [1.807, 2.05) is 24.3 Å². The van der Waals surface area contributed by atoms with E-state index in [-0.39, 0.29) is 36.7 Å². The van der Waals surface area contributed by atoms with Crippen LogP contribution < -0.4 is 5.32 Å². The Morgan fingerprint density at radius 3 is 2.24 bits per heavy atom. The number of likely N-dealkylation sites (tertiary alicyclic amines) is 1. The molecule has 1 saturated heterocycles. The van der Waals surface area contributed by atoms with Gasteiger partial charge in [-0.2, -0.15) is 0 Å². The van der Waals surface area contributed by atoms with Crippen molar-refractivity contribution in [1.82, 2.24) is 10.2 Å². The number of nitrogens with zero attached hydrogens (tertiary/aromatic N) is 1. The number of nitrogens with one attached hydrogen (secondary N) is 1. The van der Waals surface area contributed by atoms with Crippen LogP contribution in [0, 0.1) is 11.8 Å². The summed E-state index contributed by atoms with van der Waals surface area (Å²) in [5, 5.41) is 11.8. The topological polar surface area (TPSA) is 95.9 Å². The number of hydrogen-bond donors (Lipinski definition) is 2. The summed E-state index contributed by atoms with van der Waals surface area (Å²) >= 11 is 0. The fourth-order valence-electron chi connectivity index (χ4n) is 5.22. The molecule has 0 bridgehead atoms. The van der Waals surface area contributed by atoms with E-state index in [1.165, 1.54) is 0 Å². The van der Waals surface area contributed by atoms with Crippen molar-refractivity contribution in [1.29, 1.82) is 0 Å². The van der Waals surface area contributed by atoms with E-state index in [0.717, 1.165) is 35.1 Å². The molecule has 0 radical (unpaired) electrons. The van der Waals surface area contributed by atoms with Crippen LogP contribution >= 0.6 is 0 Å². The van der Waals surface area contributed by atoms with E-state index in [9.17, 15) is 14.4 Å². The van der Waals surface area contributed by atoms with Gasteiger partial charge in [0.25, 0.3) is 0 Å². The fourth-order valence-corrected chi connectivity index (χ4v) is 5.22. The van der Waals surface area contributed by atoms with Crippen molar-refractivity contribution in [3.05, 3.63) is 59.7 Å². The molecule has 1 aliphatic heterocycles. The molecule has 33 heavy (non-hydrogen) atoms. The van der Waals surface area contributed by atoms with Crippen molar-refractivity contribution in [2.24, 2.45) is 11.8 Å². The van der Waals surface area contributed by atoms with Gasteiger partial charge in [-0.05, 0) is 53.4 Å². The second kappa shape index (κ2) is 8.89. The predicted molar refractivity (Wildman–Crippen MR) is 122 cm³/mol. The van der Waals surface area contributed by atoms with E-state index >= 15 is 0 Å². The lowest BCUT2D eigenvalue weighted by atomic mass is 9.98. The number of carboxylic acids is 1. The number of amides is 2. The number of fused-ring (bicyclic) bond motifs is 3. The van der Waals surface area contributed by atoms with Crippen LogP contribution in [0.5, 0.6) is 0 Å². The van der Waals surface area contributed by atoms with Crippen molar-refractivity contribution in [2.75, 3.05) is 19.7 Å². The zero-order valence-electron chi connectivity index (χ0n) is 18.4. The third kappa shape index (κ3) is 4.45. The molecule has 0 aromatic heterocycles. The minimum absolute atomic E-state index is 0.0271. The first-order valence-corrected chi connectivity index (χ1v) is 11.6. The molecule has 2 amide bonds. The van der Waals surface area contributed by atoms with Gasteiger partial charge in [0.1, 0.15) is 12.6 Å². The lowest BCUT2D eigenvalue weighted by Gasteiger charge is -2.24. The third-order valence-corrected chi connectivity index (χ3v) is 7.04. The van der Waals surface area contributed by atoms with Crippen molar-refractivity contribution in [3.63, 3.8) is 0 Å². The second-order valence-electron chi connectivity index (χ2n) is 9.32. The number of benzene rings is 2. The molecule has 172 valence electrons. The van der Waals surface area contributed by atoms with Crippen LogP contribution in [0.3, 0.4) is 0 Å². The summed E-state index contributed by atoms with van der Waals surface area (Å²) in [5.41, 5.74) is 4.61. The Morgan fingerprint density at radius 2 is 1.64 bits per heavy atom. The molecule has 0 spiro atoms. The maximum atomic E-state index is 13.1. The Labute approximate surface area is 192 Å². The number of carbonyl (C=O) groups is 3. The molecule has 2 atom stereocenters. The quantitative estimate of drug-likeness (QED) is 0.674. The SMILES string of the molecule is O=C(O)CC1CCN(C(=O)C(NC(=O)OCC2c3ccccc3-c3ccccc32)C2CC2)C1. The fraction of sp³-hybridized carbons (Fsp3) is 0.423. The summed E-state index contributed by atoms with van der Waals surface area (Å²) in [6.07, 6.45) is 1.96. The van der Waals surface area contributed by atoms with Crippen LogP contribution in [0.15, 0.2) is 48.5 Å². The summed E-state index contributed by atoms with van der Waals surface area (Å²) < 4.78 is 5.64. The van der Waals surface area contributed by atoms with Gasteiger partial charge < -0.3 is 20.1 Å². The highest BCUT2D eigenvalue weighted by molar-refractivity contribution is 5.87. The summed E-state index contributed by atoms with van der Waals surface area (Å²) in [5.74, 6) is -0.908.